The number of hydrogen-bond acceptors (Lipinski definition) is 3. The lowest BCUT2D eigenvalue weighted by molar-refractivity contribution is 0.584. The summed E-state index contributed by atoms with van der Waals surface area (Å²) in [6.07, 6.45) is 3.12. The molecule has 1 N–H and O–H groups in total. The lowest BCUT2D eigenvalue weighted by Gasteiger charge is -2.19. The number of sulfonamides is 1. The SMILES string of the molecule is CS(=O)(=O)NCCCN1CCc2ccccc21. The van der Waals surface area contributed by atoms with Crippen molar-refractivity contribution in [2.75, 3.05) is 30.8 Å². The molecule has 0 saturated heterocycles. The number of para-hydroxylation sites is 1. The summed E-state index contributed by atoms with van der Waals surface area (Å²) in [6.45, 7) is 2.45. The molecule has 0 spiro atoms. The highest BCUT2D eigenvalue weighted by Gasteiger charge is 2.17. The van der Waals surface area contributed by atoms with Crippen LogP contribution in [0, 0.1) is 0 Å². The third-order valence-corrected chi connectivity index (χ3v) is 3.68. The summed E-state index contributed by atoms with van der Waals surface area (Å²) < 4.78 is 24.3. The normalized spacial score (nSPS) is 15.0. The van der Waals surface area contributed by atoms with E-state index in [4.69, 9.17) is 0 Å². The van der Waals surface area contributed by atoms with E-state index in [1.54, 1.807) is 0 Å². The van der Waals surface area contributed by atoms with Crippen LogP contribution >= 0.6 is 0 Å². The summed E-state index contributed by atoms with van der Waals surface area (Å²) in [5, 5.41) is 0. The van der Waals surface area contributed by atoms with E-state index >= 15 is 0 Å². The van der Waals surface area contributed by atoms with E-state index in [2.05, 4.69) is 27.8 Å². The zero-order valence-electron chi connectivity index (χ0n) is 10.0. The number of nitrogens with zero attached hydrogens (tertiary/aromatic N) is 1. The first-order chi connectivity index (χ1) is 8.06. The van der Waals surface area contributed by atoms with Crippen molar-refractivity contribution in [3.63, 3.8) is 0 Å². The Balaban J connectivity index is 1.82. The third kappa shape index (κ3) is 3.44. The van der Waals surface area contributed by atoms with Gasteiger partial charge in [0, 0.05) is 25.3 Å². The summed E-state index contributed by atoms with van der Waals surface area (Å²) in [6, 6.07) is 8.40. The van der Waals surface area contributed by atoms with Crippen molar-refractivity contribution < 1.29 is 8.42 Å². The van der Waals surface area contributed by atoms with E-state index in [0.29, 0.717) is 6.54 Å². The minimum atomic E-state index is -3.05. The van der Waals surface area contributed by atoms with Crippen molar-refractivity contribution in [2.24, 2.45) is 0 Å². The van der Waals surface area contributed by atoms with Crippen molar-refractivity contribution in [1.82, 2.24) is 4.72 Å². The Morgan fingerprint density at radius 3 is 2.88 bits per heavy atom. The molecule has 1 aliphatic rings. The van der Waals surface area contributed by atoms with Gasteiger partial charge in [-0.05, 0) is 24.5 Å². The van der Waals surface area contributed by atoms with E-state index in [1.807, 2.05) is 6.07 Å². The molecule has 0 aliphatic carbocycles. The van der Waals surface area contributed by atoms with Crippen LogP contribution in [0.3, 0.4) is 0 Å². The van der Waals surface area contributed by atoms with Crippen molar-refractivity contribution in [3.8, 4) is 0 Å². The van der Waals surface area contributed by atoms with E-state index in [1.165, 1.54) is 17.5 Å². The number of rotatable bonds is 5. The van der Waals surface area contributed by atoms with Crippen molar-refractivity contribution in [2.45, 2.75) is 12.8 Å². The van der Waals surface area contributed by atoms with Gasteiger partial charge >= 0.3 is 0 Å². The van der Waals surface area contributed by atoms with Crippen LogP contribution in [0.25, 0.3) is 0 Å². The van der Waals surface area contributed by atoms with Gasteiger partial charge in [-0.15, -0.1) is 0 Å². The highest BCUT2D eigenvalue weighted by atomic mass is 32.2. The first kappa shape index (κ1) is 12.4. The van der Waals surface area contributed by atoms with Crippen molar-refractivity contribution in [3.05, 3.63) is 29.8 Å². The van der Waals surface area contributed by atoms with Crippen LogP contribution < -0.4 is 9.62 Å². The second kappa shape index (κ2) is 5.06. The fourth-order valence-electron chi connectivity index (χ4n) is 2.17. The van der Waals surface area contributed by atoms with E-state index in [9.17, 15) is 8.42 Å². The molecule has 1 aromatic rings. The molecule has 5 heteroatoms. The highest BCUT2D eigenvalue weighted by molar-refractivity contribution is 7.88. The Bertz CT molecular complexity index is 485. The molecule has 0 saturated carbocycles. The maximum atomic E-state index is 10.9. The molecule has 0 unspecified atom stereocenters. The van der Waals surface area contributed by atoms with E-state index in [0.717, 1.165) is 25.9 Å². The van der Waals surface area contributed by atoms with Crippen molar-refractivity contribution in [1.29, 1.82) is 0 Å². The van der Waals surface area contributed by atoms with Gasteiger partial charge in [0.1, 0.15) is 0 Å². The minimum absolute atomic E-state index is 0.511. The van der Waals surface area contributed by atoms with Gasteiger partial charge in [0.25, 0.3) is 0 Å². The first-order valence-corrected chi connectivity index (χ1v) is 7.73. The predicted octanol–water partition coefficient (Wildman–Crippen LogP) is 0.988. The average Bonchev–Trinajstić information content (AvgIpc) is 2.67. The number of nitrogens with one attached hydrogen (secondary N) is 1. The molecule has 0 atom stereocenters. The molecule has 1 aromatic carbocycles. The third-order valence-electron chi connectivity index (χ3n) is 2.95. The predicted molar refractivity (Wildman–Crippen MR) is 69.8 cm³/mol. The number of anilines is 1. The number of benzene rings is 1. The highest BCUT2D eigenvalue weighted by Crippen LogP contribution is 2.27. The molecule has 2 rings (SSSR count). The molecule has 1 heterocycles. The fourth-order valence-corrected chi connectivity index (χ4v) is 2.68. The monoisotopic (exact) mass is 254 g/mol. The minimum Gasteiger partial charge on any atom is -0.371 e. The lowest BCUT2D eigenvalue weighted by Crippen LogP contribution is -2.28. The van der Waals surface area contributed by atoms with Gasteiger partial charge < -0.3 is 4.90 Å². The van der Waals surface area contributed by atoms with Crippen LogP contribution in [0.2, 0.25) is 0 Å². The smallest absolute Gasteiger partial charge is 0.208 e. The summed E-state index contributed by atoms with van der Waals surface area (Å²) in [5.74, 6) is 0. The molecule has 17 heavy (non-hydrogen) atoms. The Labute approximate surface area is 103 Å². The maximum Gasteiger partial charge on any atom is 0.208 e. The number of hydrogen-bond donors (Lipinski definition) is 1. The van der Waals surface area contributed by atoms with Crippen LogP contribution in [-0.2, 0) is 16.4 Å². The maximum absolute atomic E-state index is 10.9. The van der Waals surface area contributed by atoms with Crippen LogP contribution in [0.15, 0.2) is 24.3 Å². The molecule has 94 valence electrons. The molecule has 0 bridgehead atoms. The quantitative estimate of drug-likeness (QED) is 0.797. The molecular formula is C12H18N2O2S. The van der Waals surface area contributed by atoms with Crippen molar-refractivity contribution >= 4 is 15.7 Å². The molecule has 0 fully saturated rings. The van der Waals surface area contributed by atoms with Crippen LogP contribution in [0.5, 0.6) is 0 Å². The van der Waals surface area contributed by atoms with Gasteiger partial charge in [-0.25, -0.2) is 13.1 Å². The summed E-state index contributed by atoms with van der Waals surface area (Å²) in [5.41, 5.74) is 2.69. The second-order valence-electron chi connectivity index (χ2n) is 4.39. The molecule has 0 amide bonds. The summed E-state index contributed by atoms with van der Waals surface area (Å²) in [7, 11) is -3.05. The molecule has 0 aromatic heterocycles. The molecule has 1 aliphatic heterocycles. The standard InChI is InChI=1S/C12H18N2O2S/c1-17(15,16)13-8-4-9-14-10-7-11-5-2-3-6-12(11)14/h2-3,5-6,13H,4,7-10H2,1H3. The zero-order valence-corrected chi connectivity index (χ0v) is 10.8. The summed E-state index contributed by atoms with van der Waals surface area (Å²) in [4.78, 5) is 2.32. The Kier molecular flexibility index (Phi) is 3.69. The van der Waals surface area contributed by atoms with Gasteiger partial charge in [-0.2, -0.15) is 0 Å². The Morgan fingerprint density at radius 1 is 1.35 bits per heavy atom. The second-order valence-corrected chi connectivity index (χ2v) is 6.22. The van der Waals surface area contributed by atoms with E-state index in [-0.39, 0.29) is 0 Å². The Morgan fingerprint density at radius 2 is 2.12 bits per heavy atom. The van der Waals surface area contributed by atoms with Gasteiger partial charge in [0.15, 0.2) is 0 Å². The Hall–Kier alpha value is -1.07. The van der Waals surface area contributed by atoms with Gasteiger partial charge in [0.05, 0.1) is 6.26 Å². The van der Waals surface area contributed by atoms with Gasteiger partial charge in [0.2, 0.25) is 10.0 Å². The van der Waals surface area contributed by atoms with Crippen LogP contribution in [-0.4, -0.2) is 34.3 Å². The molecule has 4 nitrogen and oxygen atoms in total. The van der Waals surface area contributed by atoms with Gasteiger partial charge in [-0.1, -0.05) is 18.2 Å². The lowest BCUT2D eigenvalue weighted by atomic mass is 10.2. The van der Waals surface area contributed by atoms with Crippen LogP contribution in [0.4, 0.5) is 5.69 Å². The van der Waals surface area contributed by atoms with E-state index < -0.39 is 10.0 Å². The van der Waals surface area contributed by atoms with Gasteiger partial charge in [-0.3, -0.25) is 0 Å². The molecular weight excluding hydrogens is 236 g/mol. The first-order valence-electron chi connectivity index (χ1n) is 5.84. The summed E-state index contributed by atoms with van der Waals surface area (Å²) >= 11 is 0. The zero-order chi connectivity index (χ0) is 12.3. The molecule has 0 radical (unpaired) electrons. The fraction of sp³-hybridized carbons (Fsp3) is 0.500. The largest absolute Gasteiger partial charge is 0.371 e. The average molecular weight is 254 g/mol. The topological polar surface area (TPSA) is 49.4 Å². The van der Waals surface area contributed by atoms with Crippen LogP contribution in [0.1, 0.15) is 12.0 Å². The number of fused-ring (bicyclic) bond motifs is 1.